The van der Waals surface area contributed by atoms with Gasteiger partial charge in [0.15, 0.2) is 5.58 Å². The first kappa shape index (κ1) is 10.4. The Hall–Kier alpha value is -2.08. The average Bonchev–Trinajstić information content (AvgIpc) is 2.67. The van der Waals surface area contributed by atoms with Gasteiger partial charge in [0.2, 0.25) is 0 Å². The van der Waals surface area contributed by atoms with Crippen LogP contribution in [0.1, 0.15) is 10.4 Å². The van der Waals surface area contributed by atoms with Crippen LogP contribution in [0.4, 0.5) is 6.01 Å². The highest BCUT2D eigenvalue weighted by molar-refractivity contribution is 5.92. The van der Waals surface area contributed by atoms with E-state index in [0.29, 0.717) is 17.6 Å². The van der Waals surface area contributed by atoms with E-state index >= 15 is 0 Å². The van der Waals surface area contributed by atoms with Crippen LogP contribution in [0.2, 0.25) is 0 Å². The van der Waals surface area contributed by atoms with Crippen molar-refractivity contribution in [3.8, 4) is 0 Å². The van der Waals surface area contributed by atoms with Crippen LogP contribution in [0.25, 0.3) is 11.1 Å². The van der Waals surface area contributed by atoms with Crippen LogP contribution >= 0.6 is 0 Å². The summed E-state index contributed by atoms with van der Waals surface area (Å²) in [7, 11) is 0. The molecule has 0 atom stereocenters. The number of carboxylic acids is 1. The van der Waals surface area contributed by atoms with Crippen molar-refractivity contribution in [2.24, 2.45) is 0 Å². The van der Waals surface area contributed by atoms with Crippen molar-refractivity contribution in [3.63, 3.8) is 0 Å². The molecule has 6 heteroatoms. The molecule has 0 aliphatic carbocycles. The molecule has 1 heterocycles. The third-order valence-electron chi connectivity index (χ3n) is 2.02. The van der Waals surface area contributed by atoms with Crippen molar-refractivity contribution in [3.05, 3.63) is 23.8 Å². The summed E-state index contributed by atoms with van der Waals surface area (Å²) >= 11 is 0. The molecule has 0 amide bonds. The van der Waals surface area contributed by atoms with Gasteiger partial charge < -0.3 is 19.9 Å². The molecule has 3 N–H and O–H groups in total. The average molecular weight is 222 g/mol. The lowest BCUT2D eigenvalue weighted by atomic mass is 10.2. The van der Waals surface area contributed by atoms with Crippen LogP contribution in [-0.2, 0) is 0 Å². The van der Waals surface area contributed by atoms with Crippen LogP contribution in [0.5, 0.6) is 0 Å². The van der Waals surface area contributed by atoms with Gasteiger partial charge in [0, 0.05) is 6.54 Å². The lowest BCUT2D eigenvalue weighted by Crippen LogP contribution is -2.05. The summed E-state index contributed by atoms with van der Waals surface area (Å²) in [6.07, 6.45) is 0. The van der Waals surface area contributed by atoms with E-state index in [1.54, 1.807) is 6.07 Å². The van der Waals surface area contributed by atoms with Crippen LogP contribution < -0.4 is 5.32 Å². The highest BCUT2D eigenvalue weighted by Gasteiger charge is 2.08. The Morgan fingerprint density at radius 2 is 2.31 bits per heavy atom. The molecule has 0 saturated carbocycles. The maximum atomic E-state index is 10.7. The number of hydrogen-bond donors (Lipinski definition) is 3. The van der Waals surface area contributed by atoms with Gasteiger partial charge in [0.1, 0.15) is 5.52 Å². The van der Waals surface area contributed by atoms with Gasteiger partial charge in [-0.1, -0.05) is 0 Å². The van der Waals surface area contributed by atoms with E-state index in [-0.39, 0.29) is 18.2 Å². The van der Waals surface area contributed by atoms with Crippen molar-refractivity contribution in [1.82, 2.24) is 4.98 Å². The molecule has 1 aromatic heterocycles. The molecule has 0 spiro atoms. The Bertz CT molecular complexity index is 521. The van der Waals surface area contributed by atoms with Gasteiger partial charge in [-0.25, -0.2) is 4.79 Å². The number of aromatic nitrogens is 1. The Balaban J connectivity index is 2.34. The maximum absolute atomic E-state index is 10.7. The summed E-state index contributed by atoms with van der Waals surface area (Å²) < 4.78 is 5.26. The van der Waals surface area contributed by atoms with E-state index in [4.69, 9.17) is 14.6 Å². The minimum atomic E-state index is -1.01. The number of aromatic carboxylic acids is 1. The number of carbonyl (C=O) groups is 1. The molecule has 1 aromatic carbocycles. The number of carboxylic acid groups (broad SMARTS) is 1. The second-order valence-corrected chi connectivity index (χ2v) is 3.16. The van der Waals surface area contributed by atoms with Crippen molar-refractivity contribution in [2.45, 2.75) is 0 Å². The van der Waals surface area contributed by atoms with Crippen molar-refractivity contribution in [1.29, 1.82) is 0 Å². The normalized spacial score (nSPS) is 10.6. The van der Waals surface area contributed by atoms with Crippen LogP contribution in [0.15, 0.2) is 22.6 Å². The van der Waals surface area contributed by atoms with Gasteiger partial charge in [0.05, 0.1) is 12.2 Å². The molecule has 84 valence electrons. The van der Waals surface area contributed by atoms with E-state index in [0.717, 1.165) is 0 Å². The number of aliphatic hydroxyl groups is 1. The molecule has 16 heavy (non-hydrogen) atoms. The second kappa shape index (κ2) is 4.19. The van der Waals surface area contributed by atoms with Gasteiger partial charge in [-0.15, -0.1) is 0 Å². The quantitative estimate of drug-likeness (QED) is 0.712. The largest absolute Gasteiger partial charge is 0.478 e. The molecule has 6 nitrogen and oxygen atoms in total. The number of rotatable bonds is 4. The van der Waals surface area contributed by atoms with E-state index in [1.807, 2.05) is 0 Å². The van der Waals surface area contributed by atoms with Gasteiger partial charge in [-0.2, -0.15) is 4.98 Å². The molecule has 0 unspecified atom stereocenters. The van der Waals surface area contributed by atoms with Gasteiger partial charge in [0.25, 0.3) is 6.01 Å². The molecule has 0 aliphatic rings. The van der Waals surface area contributed by atoms with Crippen molar-refractivity contribution < 1.29 is 19.4 Å². The number of hydrogen-bond acceptors (Lipinski definition) is 5. The minimum Gasteiger partial charge on any atom is -0.478 e. The summed E-state index contributed by atoms with van der Waals surface area (Å²) in [6, 6.07) is 4.72. The summed E-state index contributed by atoms with van der Waals surface area (Å²) in [4.78, 5) is 14.8. The monoisotopic (exact) mass is 222 g/mol. The smallest absolute Gasteiger partial charge is 0.335 e. The molecule has 0 aliphatic heterocycles. The number of nitrogens with zero attached hydrogens (tertiary/aromatic N) is 1. The third kappa shape index (κ3) is 1.96. The van der Waals surface area contributed by atoms with Crippen LogP contribution in [-0.4, -0.2) is 34.3 Å². The fraction of sp³-hybridized carbons (Fsp3) is 0.200. The molecule has 0 saturated heterocycles. The first-order valence-corrected chi connectivity index (χ1v) is 4.69. The van der Waals surface area contributed by atoms with E-state index < -0.39 is 5.97 Å². The van der Waals surface area contributed by atoms with E-state index in [2.05, 4.69) is 10.3 Å². The zero-order chi connectivity index (χ0) is 11.5. The predicted molar refractivity (Wildman–Crippen MR) is 56.5 cm³/mol. The molecule has 2 rings (SSSR count). The number of benzene rings is 1. The standard InChI is InChI=1S/C10H10N2O4/c13-4-3-11-10-12-7-2-1-6(9(14)15)5-8(7)16-10/h1-2,5,13H,3-4H2,(H,11,12)(H,14,15). The van der Waals surface area contributed by atoms with Crippen molar-refractivity contribution >= 4 is 23.1 Å². The molecular formula is C10H10N2O4. The lowest BCUT2D eigenvalue weighted by Gasteiger charge is -1.94. The van der Waals surface area contributed by atoms with E-state index in [1.165, 1.54) is 12.1 Å². The fourth-order valence-electron chi connectivity index (χ4n) is 1.30. The van der Waals surface area contributed by atoms with Crippen LogP contribution in [0, 0.1) is 0 Å². The van der Waals surface area contributed by atoms with Gasteiger partial charge >= 0.3 is 5.97 Å². The van der Waals surface area contributed by atoms with Crippen molar-refractivity contribution in [2.75, 3.05) is 18.5 Å². The number of fused-ring (bicyclic) bond motifs is 1. The fourth-order valence-corrected chi connectivity index (χ4v) is 1.30. The molecule has 2 aromatic rings. The molecule has 0 radical (unpaired) electrons. The Kier molecular flexibility index (Phi) is 2.74. The third-order valence-corrected chi connectivity index (χ3v) is 2.02. The zero-order valence-corrected chi connectivity index (χ0v) is 8.30. The summed E-state index contributed by atoms with van der Waals surface area (Å²) in [5.41, 5.74) is 1.13. The maximum Gasteiger partial charge on any atom is 0.335 e. The second-order valence-electron chi connectivity index (χ2n) is 3.16. The lowest BCUT2D eigenvalue weighted by molar-refractivity contribution is 0.0697. The predicted octanol–water partition coefficient (Wildman–Crippen LogP) is 0.930. The number of oxazole rings is 1. The van der Waals surface area contributed by atoms with E-state index in [9.17, 15) is 4.79 Å². The number of nitrogens with one attached hydrogen (secondary N) is 1. The highest BCUT2D eigenvalue weighted by atomic mass is 16.4. The molecule has 0 fully saturated rings. The first-order chi connectivity index (χ1) is 7.70. The SMILES string of the molecule is O=C(O)c1ccc2nc(NCCO)oc2c1. The molecular weight excluding hydrogens is 212 g/mol. The number of aliphatic hydroxyl groups excluding tert-OH is 1. The summed E-state index contributed by atoms with van der Waals surface area (Å²) in [5, 5.41) is 20.1. The highest BCUT2D eigenvalue weighted by Crippen LogP contribution is 2.19. The zero-order valence-electron chi connectivity index (χ0n) is 8.30. The van der Waals surface area contributed by atoms with Gasteiger partial charge in [-0.3, -0.25) is 0 Å². The number of anilines is 1. The molecule has 0 bridgehead atoms. The first-order valence-electron chi connectivity index (χ1n) is 4.69. The van der Waals surface area contributed by atoms with Gasteiger partial charge in [-0.05, 0) is 18.2 Å². The van der Waals surface area contributed by atoms with Crippen LogP contribution in [0.3, 0.4) is 0 Å². The summed E-state index contributed by atoms with van der Waals surface area (Å²) in [5.74, 6) is -1.01. The minimum absolute atomic E-state index is 0.0287. The Morgan fingerprint density at radius 3 is 3.00 bits per heavy atom. The summed E-state index contributed by atoms with van der Waals surface area (Å²) in [6.45, 7) is 0.303. The Labute approximate surface area is 90.5 Å². The topological polar surface area (TPSA) is 95.6 Å². The Morgan fingerprint density at radius 1 is 1.50 bits per heavy atom.